The number of nitrogens with one attached hydrogen (secondary N) is 1. The van der Waals surface area contributed by atoms with E-state index >= 15 is 0 Å². The summed E-state index contributed by atoms with van der Waals surface area (Å²) in [6, 6.07) is 7.06. The van der Waals surface area contributed by atoms with Gasteiger partial charge in [0.25, 0.3) is 0 Å². The van der Waals surface area contributed by atoms with E-state index in [4.69, 9.17) is 4.74 Å². The lowest BCUT2D eigenvalue weighted by Gasteiger charge is -2.24. The van der Waals surface area contributed by atoms with Gasteiger partial charge in [0.05, 0.1) is 19.8 Å². The Bertz CT molecular complexity index is 471. The number of benzene rings is 1. The molecular weight excluding hydrogens is 230 g/mol. The van der Waals surface area contributed by atoms with Gasteiger partial charge in [0.1, 0.15) is 5.75 Å². The molecule has 0 spiro atoms. The molecule has 16 heavy (non-hydrogen) atoms. The lowest BCUT2D eigenvalue weighted by Crippen LogP contribution is -2.36. The molecule has 5 nitrogen and oxygen atoms in total. The van der Waals surface area contributed by atoms with Crippen LogP contribution in [0.3, 0.4) is 0 Å². The first kappa shape index (κ1) is 11.4. The highest BCUT2D eigenvalue weighted by atomic mass is 32.2. The van der Waals surface area contributed by atoms with Gasteiger partial charge in [-0.1, -0.05) is 18.2 Å². The molecule has 0 aromatic heterocycles. The highest BCUT2D eigenvalue weighted by molar-refractivity contribution is 7.84. The van der Waals surface area contributed by atoms with Gasteiger partial charge in [0.2, 0.25) is 0 Å². The average Bonchev–Trinajstić information content (AvgIpc) is 2.27. The Kier molecular flexibility index (Phi) is 3.13. The Morgan fingerprint density at radius 1 is 1.44 bits per heavy atom. The number of ether oxygens (including phenoxy) is 1. The Balaban J connectivity index is 2.30. The van der Waals surface area contributed by atoms with Gasteiger partial charge in [-0.15, -0.1) is 0 Å². The summed E-state index contributed by atoms with van der Waals surface area (Å²) in [5.74, 6) is 0.678. The quantitative estimate of drug-likeness (QED) is 0.841. The average molecular weight is 243 g/mol. The summed E-state index contributed by atoms with van der Waals surface area (Å²) in [5.41, 5.74) is 0.830. The number of para-hydroxylation sites is 1. The summed E-state index contributed by atoms with van der Waals surface area (Å²) < 4.78 is 34.8. The van der Waals surface area contributed by atoms with Gasteiger partial charge in [0, 0.05) is 5.56 Å². The monoisotopic (exact) mass is 243 g/mol. The number of hydrogen-bond acceptors (Lipinski definition) is 4. The van der Waals surface area contributed by atoms with E-state index < -0.39 is 10.3 Å². The van der Waals surface area contributed by atoms with Crippen LogP contribution in [0.2, 0.25) is 0 Å². The third kappa shape index (κ3) is 2.34. The van der Waals surface area contributed by atoms with Crippen LogP contribution in [-0.4, -0.2) is 22.1 Å². The maximum Gasteiger partial charge on any atom is 0.336 e. The second kappa shape index (κ2) is 4.40. The van der Waals surface area contributed by atoms with Crippen molar-refractivity contribution in [3.05, 3.63) is 29.8 Å². The highest BCUT2D eigenvalue weighted by Gasteiger charge is 2.27. The van der Waals surface area contributed by atoms with Crippen molar-refractivity contribution < 1.29 is 17.3 Å². The van der Waals surface area contributed by atoms with Crippen LogP contribution in [0.15, 0.2) is 24.3 Å². The van der Waals surface area contributed by atoms with Crippen LogP contribution in [0.4, 0.5) is 0 Å². The molecule has 1 aliphatic heterocycles. The summed E-state index contributed by atoms with van der Waals surface area (Å²) >= 11 is 0. The molecule has 0 bridgehead atoms. The number of hydrogen-bond donors (Lipinski definition) is 1. The van der Waals surface area contributed by atoms with Crippen LogP contribution in [0, 0.1) is 0 Å². The summed E-state index contributed by atoms with van der Waals surface area (Å²) in [6.07, 6.45) is 0.597. The molecular formula is C10H13NO4S. The minimum absolute atomic E-state index is 0.193. The molecule has 0 saturated carbocycles. The van der Waals surface area contributed by atoms with Crippen molar-refractivity contribution in [3.63, 3.8) is 0 Å². The molecule has 0 radical (unpaired) electrons. The van der Waals surface area contributed by atoms with Crippen LogP contribution in [0.5, 0.6) is 5.75 Å². The maximum absolute atomic E-state index is 11.3. The first-order chi connectivity index (χ1) is 7.62. The van der Waals surface area contributed by atoms with Crippen molar-refractivity contribution in [1.82, 2.24) is 4.72 Å². The first-order valence-electron chi connectivity index (χ1n) is 4.92. The van der Waals surface area contributed by atoms with Crippen molar-refractivity contribution in [2.75, 3.05) is 13.7 Å². The Morgan fingerprint density at radius 3 is 2.88 bits per heavy atom. The molecule has 1 aromatic rings. The first-order valence-corrected chi connectivity index (χ1v) is 6.33. The van der Waals surface area contributed by atoms with Gasteiger partial charge >= 0.3 is 10.3 Å². The fourth-order valence-corrected chi connectivity index (χ4v) is 2.69. The molecule has 1 N–H and O–H groups in total. The lowest BCUT2D eigenvalue weighted by atomic mass is 10.0. The topological polar surface area (TPSA) is 64.6 Å². The molecule has 1 aromatic carbocycles. The summed E-state index contributed by atoms with van der Waals surface area (Å²) in [6.45, 7) is 0.193. The molecule has 1 saturated heterocycles. The van der Waals surface area contributed by atoms with Crippen LogP contribution >= 0.6 is 0 Å². The van der Waals surface area contributed by atoms with Crippen molar-refractivity contribution in [3.8, 4) is 5.75 Å². The molecule has 0 amide bonds. The van der Waals surface area contributed by atoms with E-state index in [0.29, 0.717) is 12.2 Å². The molecule has 1 heterocycles. The molecule has 88 valence electrons. The third-order valence-corrected chi connectivity index (χ3v) is 3.50. The van der Waals surface area contributed by atoms with Crippen LogP contribution < -0.4 is 9.46 Å². The number of methoxy groups -OCH3 is 1. The highest BCUT2D eigenvalue weighted by Crippen LogP contribution is 2.29. The zero-order valence-corrected chi connectivity index (χ0v) is 9.66. The van der Waals surface area contributed by atoms with Gasteiger partial charge in [-0.05, 0) is 12.5 Å². The molecule has 1 atom stereocenters. The number of rotatable bonds is 2. The zero-order chi connectivity index (χ0) is 11.6. The molecule has 0 aliphatic carbocycles. The Morgan fingerprint density at radius 2 is 2.19 bits per heavy atom. The van der Waals surface area contributed by atoms with Gasteiger partial charge < -0.3 is 4.74 Å². The standard InChI is InChI=1S/C10H13NO4S/c1-14-10-5-3-2-4-8(10)9-6-7-15-16(12,13)11-9/h2-5,9,11H,6-7H2,1H3. The van der Waals surface area contributed by atoms with Gasteiger partial charge in [-0.25, -0.2) is 0 Å². The largest absolute Gasteiger partial charge is 0.496 e. The zero-order valence-electron chi connectivity index (χ0n) is 8.84. The van der Waals surface area contributed by atoms with E-state index in [1.807, 2.05) is 18.2 Å². The van der Waals surface area contributed by atoms with Gasteiger partial charge in [0.15, 0.2) is 0 Å². The minimum Gasteiger partial charge on any atom is -0.496 e. The summed E-state index contributed by atoms with van der Waals surface area (Å²) in [7, 11) is -2.05. The van der Waals surface area contributed by atoms with Gasteiger partial charge in [-0.2, -0.15) is 13.1 Å². The van der Waals surface area contributed by atoms with Crippen LogP contribution in [0.25, 0.3) is 0 Å². The smallest absolute Gasteiger partial charge is 0.336 e. The SMILES string of the molecule is COc1ccccc1C1CCOS(=O)(=O)N1. The fraction of sp³-hybridized carbons (Fsp3) is 0.400. The lowest BCUT2D eigenvalue weighted by molar-refractivity contribution is 0.255. The van der Waals surface area contributed by atoms with E-state index in [-0.39, 0.29) is 12.6 Å². The van der Waals surface area contributed by atoms with Crippen LogP contribution in [0.1, 0.15) is 18.0 Å². The molecule has 6 heteroatoms. The summed E-state index contributed by atoms with van der Waals surface area (Å²) in [4.78, 5) is 0. The van der Waals surface area contributed by atoms with E-state index in [1.165, 1.54) is 0 Å². The summed E-state index contributed by atoms with van der Waals surface area (Å²) in [5, 5.41) is 0. The van der Waals surface area contributed by atoms with E-state index in [9.17, 15) is 8.42 Å². The Hall–Kier alpha value is -1.11. The van der Waals surface area contributed by atoms with Crippen molar-refractivity contribution in [2.24, 2.45) is 0 Å². The van der Waals surface area contributed by atoms with Crippen LogP contribution in [-0.2, 0) is 14.5 Å². The fourth-order valence-electron chi connectivity index (χ4n) is 1.72. The Labute approximate surface area is 94.6 Å². The second-order valence-electron chi connectivity index (χ2n) is 3.48. The molecule has 2 rings (SSSR count). The van der Waals surface area contributed by atoms with Gasteiger partial charge in [-0.3, -0.25) is 4.18 Å². The maximum atomic E-state index is 11.3. The second-order valence-corrected chi connectivity index (χ2v) is 4.86. The molecule has 1 unspecified atom stereocenters. The van der Waals surface area contributed by atoms with E-state index in [2.05, 4.69) is 8.91 Å². The van der Waals surface area contributed by atoms with Crippen molar-refractivity contribution >= 4 is 10.3 Å². The third-order valence-electron chi connectivity index (χ3n) is 2.45. The minimum atomic E-state index is -3.61. The van der Waals surface area contributed by atoms with Crippen molar-refractivity contribution in [1.29, 1.82) is 0 Å². The predicted molar refractivity (Wildman–Crippen MR) is 58.4 cm³/mol. The van der Waals surface area contributed by atoms with E-state index in [0.717, 1.165) is 5.56 Å². The normalized spacial score (nSPS) is 23.9. The predicted octanol–water partition coefficient (Wildman–Crippen LogP) is 0.991. The molecule has 1 fully saturated rings. The van der Waals surface area contributed by atoms with Crippen molar-refractivity contribution in [2.45, 2.75) is 12.5 Å². The van der Waals surface area contributed by atoms with E-state index in [1.54, 1.807) is 13.2 Å². The molecule has 1 aliphatic rings.